The molecule has 0 aromatic rings. The molecule has 1 aliphatic heterocycles. The maximum atomic E-state index is 8.43. The largest absolute Gasteiger partial charge is 0.347 e. The number of rotatable bonds is 4. The smallest absolute Gasteiger partial charge is 0.170 e. The molecule has 0 aromatic carbocycles. The van der Waals surface area contributed by atoms with Crippen LogP contribution in [0.3, 0.4) is 0 Å². The van der Waals surface area contributed by atoms with Gasteiger partial charge in [-0.15, -0.1) is 0 Å². The number of nitrogens with zero attached hydrogens (tertiary/aromatic N) is 1. The van der Waals surface area contributed by atoms with Gasteiger partial charge in [-0.3, -0.25) is 0 Å². The third kappa shape index (κ3) is 2.43. The molecule has 1 saturated heterocycles. The van der Waals surface area contributed by atoms with Crippen LogP contribution >= 0.6 is 0 Å². The highest BCUT2D eigenvalue weighted by atomic mass is 16.7. The Labute approximate surface area is 79.6 Å². The molecule has 13 heavy (non-hydrogen) atoms. The lowest BCUT2D eigenvalue weighted by Gasteiger charge is -2.31. The van der Waals surface area contributed by atoms with Crippen molar-refractivity contribution >= 4 is 0 Å². The molecule has 0 aromatic heterocycles. The molecular weight excluding hydrogens is 166 g/mol. The van der Waals surface area contributed by atoms with Gasteiger partial charge in [0.1, 0.15) is 0 Å². The van der Waals surface area contributed by atoms with Gasteiger partial charge in [0.25, 0.3) is 0 Å². The zero-order valence-corrected chi connectivity index (χ0v) is 8.38. The van der Waals surface area contributed by atoms with Crippen LogP contribution in [0.1, 0.15) is 33.1 Å². The van der Waals surface area contributed by atoms with E-state index in [1.54, 1.807) is 0 Å². The van der Waals surface area contributed by atoms with Crippen molar-refractivity contribution in [1.29, 1.82) is 5.26 Å². The number of hydrogen-bond donors (Lipinski definition) is 0. The Balaban J connectivity index is 2.43. The molecule has 0 N–H and O–H groups in total. The van der Waals surface area contributed by atoms with E-state index in [1.807, 2.05) is 0 Å². The van der Waals surface area contributed by atoms with E-state index in [1.165, 1.54) is 0 Å². The minimum atomic E-state index is -0.406. The average molecular weight is 183 g/mol. The minimum Gasteiger partial charge on any atom is -0.347 e. The second kappa shape index (κ2) is 4.59. The molecule has 1 fully saturated rings. The monoisotopic (exact) mass is 183 g/mol. The van der Waals surface area contributed by atoms with E-state index >= 15 is 0 Å². The molecule has 1 heterocycles. The van der Waals surface area contributed by atoms with Gasteiger partial charge in [-0.2, -0.15) is 5.26 Å². The molecule has 0 amide bonds. The van der Waals surface area contributed by atoms with Crippen molar-refractivity contribution in [3.8, 4) is 6.07 Å². The van der Waals surface area contributed by atoms with Gasteiger partial charge < -0.3 is 9.47 Å². The van der Waals surface area contributed by atoms with Gasteiger partial charge in [0.05, 0.1) is 19.3 Å². The number of nitriles is 1. The first-order valence-electron chi connectivity index (χ1n) is 4.86. The van der Waals surface area contributed by atoms with Gasteiger partial charge in [0.15, 0.2) is 5.79 Å². The zero-order valence-electron chi connectivity index (χ0n) is 8.38. The maximum Gasteiger partial charge on any atom is 0.170 e. The van der Waals surface area contributed by atoms with E-state index in [0.29, 0.717) is 25.6 Å². The highest BCUT2D eigenvalue weighted by Crippen LogP contribution is 2.32. The van der Waals surface area contributed by atoms with E-state index in [4.69, 9.17) is 14.7 Å². The fourth-order valence-electron chi connectivity index (χ4n) is 1.65. The van der Waals surface area contributed by atoms with Crippen molar-refractivity contribution in [3.05, 3.63) is 0 Å². The Hall–Kier alpha value is -0.590. The summed E-state index contributed by atoms with van der Waals surface area (Å²) < 4.78 is 11.2. The molecule has 1 aliphatic rings. The van der Waals surface area contributed by atoms with Gasteiger partial charge in [-0.25, -0.2) is 0 Å². The van der Waals surface area contributed by atoms with Gasteiger partial charge in [-0.05, 0) is 6.42 Å². The molecule has 0 atom stereocenters. The van der Waals surface area contributed by atoms with Gasteiger partial charge in [0.2, 0.25) is 0 Å². The zero-order chi connectivity index (χ0) is 9.73. The summed E-state index contributed by atoms with van der Waals surface area (Å²) in [6, 6.07) is 2.14. The molecule has 3 nitrogen and oxygen atoms in total. The van der Waals surface area contributed by atoms with Crippen molar-refractivity contribution in [1.82, 2.24) is 0 Å². The third-order valence-electron chi connectivity index (χ3n) is 2.47. The van der Waals surface area contributed by atoms with Crippen LogP contribution in [0.2, 0.25) is 0 Å². The number of hydrogen-bond acceptors (Lipinski definition) is 3. The standard InChI is InChI=1S/C10H17NO2/c1-9(2)10(5-3-4-6-11)12-7-8-13-10/h9H,3-5,7-8H2,1-2H3. The summed E-state index contributed by atoms with van der Waals surface area (Å²) in [6.07, 6.45) is 2.27. The van der Waals surface area contributed by atoms with E-state index in [-0.39, 0.29) is 0 Å². The molecule has 0 aliphatic carbocycles. The highest BCUT2D eigenvalue weighted by molar-refractivity contribution is 4.80. The van der Waals surface area contributed by atoms with E-state index in [9.17, 15) is 0 Å². The Kier molecular flexibility index (Phi) is 3.71. The molecule has 0 saturated carbocycles. The first-order valence-corrected chi connectivity index (χ1v) is 4.86. The lowest BCUT2D eigenvalue weighted by atomic mass is 9.97. The SMILES string of the molecule is CC(C)C1(CCCC#N)OCCO1. The topological polar surface area (TPSA) is 42.2 Å². The van der Waals surface area contributed by atoms with E-state index < -0.39 is 5.79 Å². The van der Waals surface area contributed by atoms with Crippen LogP contribution < -0.4 is 0 Å². The van der Waals surface area contributed by atoms with Crippen LogP contribution in [0.5, 0.6) is 0 Å². The summed E-state index contributed by atoms with van der Waals surface area (Å²) in [5.41, 5.74) is 0. The summed E-state index contributed by atoms with van der Waals surface area (Å²) in [5.74, 6) is -0.0506. The van der Waals surface area contributed by atoms with Gasteiger partial charge in [-0.1, -0.05) is 13.8 Å². The molecule has 3 heteroatoms. The molecule has 74 valence electrons. The van der Waals surface area contributed by atoms with Crippen LogP contribution in [-0.4, -0.2) is 19.0 Å². The first kappa shape index (κ1) is 10.5. The molecule has 0 radical (unpaired) electrons. The summed E-state index contributed by atoms with van der Waals surface area (Å²) in [4.78, 5) is 0. The molecule has 0 unspecified atom stereocenters. The predicted molar refractivity (Wildman–Crippen MR) is 48.9 cm³/mol. The van der Waals surface area contributed by atoms with Crippen molar-refractivity contribution in [3.63, 3.8) is 0 Å². The first-order chi connectivity index (χ1) is 6.21. The second-order valence-electron chi connectivity index (χ2n) is 3.68. The average Bonchev–Trinajstić information content (AvgIpc) is 2.55. The fourth-order valence-corrected chi connectivity index (χ4v) is 1.65. The fraction of sp³-hybridized carbons (Fsp3) is 0.900. The Morgan fingerprint density at radius 1 is 1.38 bits per heavy atom. The lowest BCUT2D eigenvalue weighted by molar-refractivity contribution is -0.192. The Bertz CT molecular complexity index is 190. The summed E-state index contributed by atoms with van der Waals surface area (Å²) in [6.45, 7) is 5.56. The normalized spacial score (nSPS) is 20.5. The highest BCUT2D eigenvalue weighted by Gasteiger charge is 2.38. The molecule has 0 bridgehead atoms. The molecule has 1 rings (SSSR count). The maximum absolute atomic E-state index is 8.43. The van der Waals surface area contributed by atoms with Crippen molar-refractivity contribution in [2.45, 2.75) is 38.9 Å². The van der Waals surface area contributed by atoms with Crippen molar-refractivity contribution in [2.24, 2.45) is 5.92 Å². The Morgan fingerprint density at radius 3 is 2.46 bits per heavy atom. The van der Waals surface area contributed by atoms with E-state index in [2.05, 4.69) is 19.9 Å². The van der Waals surface area contributed by atoms with Crippen LogP contribution in [0.15, 0.2) is 0 Å². The summed E-state index contributed by atoms with van der Waals surface area (Å²) in [5, 5.41) is 8.43. The quantitative estimate of drug-likeness (QED) is 0.627. The number of ether oxygens (including phenoxy) is 2. The predicted octanol–water partition coefficient (Wildman–Crippen LogP) is 2.08. The summed E-state index contributed by atoms with van der Waals surface area (Å²) in [7, 11) is 0. The third-order valence-corrected chi connectivity index (χ3v) is 2.47. The lowest BCUT2D eigenvalue weighted by Crippen LogP contribution is -2.36. The van der Waals surface area contributed by atoms with Crippen LogP contribution in [0, 0.1) is 17.2 Å². The summed E-state index contributed by atoms with van der Waals surface area (Å²) >= 11 is 0. The van der Waals surface area contributed by atoms with Crippen LogP contribution in [0.4, 0.5) is 0 Å². The second-order valence-corrected chi connectivity index (χ2v) is 3.68. The molecular formula is C10H17NO2. The van der Waals surface area contributed by atoms with Gasteiger partial charge in [0, 0.05) is 18.8 Å². The van der Waals surface area contributed by atoms with E-state index in [0.717, 1.165) is 12.8 Å². The van der Waals surface area contributed by atoms with Crippen molar-refractivity contribution < 1.29 is 9.47 Å². The van der Waals surface area contributed by atoms with Crippen molar-refractivity contribution in [2.75, 3.05) is 13.2 Å². The Morgan fingerprint density at radius 2 is 2.00 bits per heavy atom. The van der Waals surface area contributed by atoms with Crippen LogP contribution in [0.25, 0.3) is 0 Å². The van der Waals surface area contributed by atoms with Crippen LogP contribution in [-0.2, 0) is 9.47 Å². The molecule has 0 spiro atoms. The minimum absolute atomic E-state index is 0.355. The van der Waals surface area contributed by atoms with Gasteiger partial charge >= 0.3 is 0 Å². The number of unbranched alkanes of at least 4 members (excludes halogenated alkanes) is 1.